The lowest BCUT2D eigenvalue weighted by molar-refractivity contribution is 0.340. The maximum absolute atomic E-state index is 13.7. The molecule has 0 amide bonds. The lowest BCUT2D eigenvalue weighted by atomic mass is 10.3. The van der Waals surface area contributed by atoms with E-state index in [1.165, 1.54) is 0 Å². The van der Waals surface area contributed by atoms with E-state index in [0.717, 1.165) is 22.8 Å². The van der Waals surface area contributed by atoms with Gasteiger partial charge in [-0.05, 0) is 19.1 Å². The molecule has 0 radical (unpaired) electrons. The van der Waals surface area contributed by atoms with Gasteiger partial charge in [0.25, 0.3) is 0 Å². The first-order valence-electron chi connectivity index (χ1n) is 6.98. The number of benzene rings is 2. The molecule has 23 heavy (non-hydrogen) atoms. The van der Waals surface area contributed by atoms with Crippen LogP contribution in [0.25, 0.3) is 10.2 Å². The lowest BCUT2D eigenvalue weighted by Gasteiger charge is -2.07. The molecule has 0 bridgehead atoms. The van der Waals surface area contributed by atoms with Crippen LogP contribution in [0.2, 0.25) is 0 Å². The van der Waals surface area contributed by atoms with Crippen LogP contribution in [0.4, 0.5) is 18.9 Å². The minimum atomic E-state index is -1.23. The quantitative estimate of drug-likeness (QED) is 0.683. The van der Waals surface area contributed by atoms with Crippen molar-refractivity contribution < 1.29 is 17.9 Å². The molecule has 0 aliphatic heterocycles. The molecule has 0 aliphatic carbocycles. The number of halogens is 3. The molecule has 1 N–H and O–H groups in total. The minimum Gasteiger partial charge on any atom is -0.494 e. The number of nitrogens with zero attached hydrogens (tertiary/aromatic N) is 1. The van der Waals surface area contributed by atoms with Crippen molar-refractivity contribution in [3.8, 4) is 5.75 Å². The number of rotatable bonds is 5. The number of anilines is 1. The first-order valence-corrected chi connectivity index (χ1v) is 7.79. The first-order chi connectivity index (χ1) is 11.1. The fourth-order valence-electron chi connectivity index (χ4n) is 2.14. The van der Waals surface area contributed by atoms with E-state index in [1.807, 2.05) is 31.2 Å². The average molecular weight is 338 g/mol. The van der Waals surface area contributed by atoms with E-state index >= 15 is 0 Å². The van der Waals surface area contributed by atoms with Gasteiger partial charge in [0.15, 0.2) is 11.6 Å². The van der Waals surface area contributed by atoms with E-state index in [0.29, 0.717) is 17.7 Å². The Kier molecular flexibility index (Phi) is 4.38. The molecule has 0 spiro atoms. The average Bonchev–Trinajstić information content (AvgIpc) is 2.97. The van der Waals surface area contributed by atoms with Gasteiger partial charge in [0.1, 0.15) is 22.1 Å². The summed E-state index contributed by atoms with van der Waals surface area (Å²) < 4.78 is 45.9. The Morgan fingerprint density at radius 2 is 2.00 bits per heavy atom. The minimum absolute atomic E-state index is 0.0174. The highest BCUT2D eigenvalue weighted by molar-refractivity contribution is 7.18. The lowest BCUT2D eigenvalue weighted by Crippen LogP contribution is -1.99. The van der Waals surface area contributed by atoms with Crippen molar-refractivity contribution in [1.29, 1.82) is 0 Å². The fraction of sp³-hybridized carbons (Fsp3) is 0.188. The van der Waals surface area contributed by atoms with E-state index in [9.17, 15) is 13.2 Å². The van der Waals surface area contributed by atoms with Gasteiger partial charge in [-0.2, -0.15) is 0 Å². The van der Waals surface area contributed by atoms with Gasteiger partial charge >= 0.3 is 0 Å². The molecule has 0 saturated heterocycles. The van der Waals surface area contributed by atoms with Gasteiger partial charge in [-0.25, -0.2) is 18.2 Å². The van der Waals surface area contributed by atoms with Gasteiger partial charge in [-0.3, -0.25) is 0 Å². The van der Waals surface area contributed by atoms with Crippen molar-refractivity contribution >= 4 is 27.2 Å². The zero-order chi connectivity index (χ0) is 16.4. The Morgan fingerprint density at radius 1 is 1.17 bits per heavy atom. The van der Waals surface area contributed by atoms with E-state index in [2.05, 4.69) is 10.3 Å². The highest BCUT2D eigenvalue weighted by Crippen LogP contribution is 2.29. The zero-order valence-electron chi connectivity index (χ0n) is 12.2. The van der Waals surface area contributed by atoms with Gasteiger partial charge in [0.05, 0.1) is 17.9 Å². The number of nitrogens with one attached hydrogen (secondary N) is 1. The molecule has 2 aromatic carbocycles. The largest absolute Gasteiger partial charge is 0.494 e. The van der Waals surface area contributed by atoms with E-state index in [-0.39, 0.29) is 16.8 Å². The number of thiazole rings is 1. The third kappa shape index (κ3) is 3.24. The maximum Gasteiger partial charge on any atom is 0.186 e. The second-order valence-corrected chi connectivity index (χ2v) is 5.84. The highest BCUT2D eigenvalue weighted by Gasteiger charge is 2.17. The molecule has 0 fully saturated rings. The number of hydrogen-bond acceptors (Lipinski definition) is 4. The van der Waals surface area contributed by atoms with Crippen molar-refractivity contribution in [1.82, 2.24) is 4.98 Å². The third-order valence-corrected chi connectivity index (χ3v) is 4.21. The SMILES string of the molecule is CCOc1cccc(NCc2nc3c(F)c(F)cc(F)c3s2)c1. The van der Waals surface area contributed by atoms with Crippen LogP contribution in [0.5, 0.6) is 5.75 Å². The van der Waals surface area contributed by atoms with E-state index < -0.39 is 17.5 Å². The molecule has 1 aromatic heterocycles. The van der Waals surface area contributed by atoms with Crippen LogP contribution in [-0.2, 0) is 6.54 Å². The van der Waals surface area contributed by atoms with Crippen LogP contribution in [0, 0.1) is 17.5 Å². The zero-order valence-corrected chi connectivity index (χ0v) is 13.0. The molecular formula is C16H13F3N2OS. The summed E-state index contributed by atoms with van der Waals surface area (Å²) in [6.07, 6.45) is 0. The highest BCUT2D eigenvalue weighted by atomic mass is 32.1. The molecule has 3 rings (SSSR count). The number of aromatic nitrogens is 1. The predicted octanol–water partition coefficient (Wildman–Crippen LogP) is 4.72. The summed E-state index contributed by atoms with van der Waals surface area (Å²) in [5.74, 6) is -2.44. The third-order valence-electron chi connectivity index (χ3n) is 3.15. The summed E-state index contributed by atoms with van der Waals surface area (Å²) >= 11 is 0.994. The Bertz CT molecular complexity index is 851. The molecule has 0 saturated carbocycles. The number of hydrogen-bond donors (Lipinski definition) is 1. The Morgan fingerprint density at radius 3 is 2.78 bits per heavy atom. The first kappa shape index (κ1) is 15.6. The van der Waals surface area contributed by atoms with Crippen LogP contribution in [0.15, 0.2) is 30.3 Å². The van der Waals surface area contributed by atoms with Crippen LogP contribution < -0.4 is 10.1 Å². The molecule has 0 aliphatic rings. The maximum atomic E-state index is 13.7. The Hall–Kier alpha value is -2.28. The molecule has 7 heteroatoms. The van der Waals surface area contributed by atoms with Gasteiger partial charge in [-0.15, -0.1) is 11.3 Å². The van der Waals surface area contributed by atoms with Gasteiger partial charge < -0.3 is 10.1 Å². The summed E-state index contributed by atoms with van der Waals surface area (Å²) in [4.78, 5) is 3.98. The smallest absolute Gasteiger partial charge is 0.186 e. The standard InChI is InChI=1S/C16H13F3N2OS/c1-2-22-10-5-3-4-9(6-10)20-8-13-21-15-14(19)11(17)7-12(18)16(15)23-13/h3-7,20H,2,8H2,1H3. The second kappa shape index (κ2) is 6.45. The van der Waals surface area contributed by atoms with E-state index in [4.69, 9.17) is 4.74 Å². The molecule has 120 valence electrons. The second-order valence-electron chi connectivity index (χ2n) is 4.75. The molecule has 3 nitrogen and oxygen atoms in total. The van der Waals surface area contributed by atoms with Crippen LogP contribution in [0.3, 0.4) is 0 Å². The monoisotopic (exact) mass is 338 g/mol. The summed E-state index contributed by atoms with van der Waals surface area (Å²) in [6, 6.07) is 7.87. The van der Waals surface area contributed by atoms with Crippen molar-refractivity contribution in [2.24, 2.45) is 0 Å². The molecule has 1 heterocycles. The normalized spacial score (nSPS) is 11.0. The number of ether oxygens (including phenoxy) is 1. The van der Waals surface area contributed by atoms with Crippen molar-refractivity contribution in [2.45, 2.75) is 13.5 Å². The van der Waals surface area contributed by atoms with Crippen LogP contribution >= 0.6 is 11.3 Å². The van der Waals surface area contributed by atoms with Crippen molar-refractivity contribution in [3.63, 3.8) is 0 Å². The predicted molar refractivity (Wildman–Crippen MR) is 84.4 cm³/mol. The molecule has 0 unspecified atom stereocenters. The summed E-state index contributed by atoms with van der Waals surface area (Å²) in [7, 11) is 0. The summed E-state index contributed by atoms with van der Waals surface area (Å²) in [5, 5.41) is 3.57. The summed E-state index contributed by atoms with van der Waals surface area (Å²) in [6.45, 7) is 2.73. The molecular weight excluding hydrogens is 325 g/mol. The number of fused-ring (bicyclic) bond motifs is 1. The van der Waals surface area contributed by atoms with Gasteiger partial charge in [0, 0.05) is 17.8 Å². The van der Waals surface area contributed by atoms with Crippen molar-refractivity contribution in [2.75, 3.05) is 11.9 Å². The van der Waals surface area contributed by atoms with Gasteiger partial charge in [-0.1, -0.05) is 6.07 Å². The van der Waals surface area contributed by atoms with Crippen LogP contribution in [0.1, 0.15) is 11.9 Å². The Labute approximate surface area is 134 Å². The van der Waals surface area contributed by atoms with Crippen LogP contribution in [-0.4, -0.2) is 11.6 Å². The molecule has 3 aromatic rings. The molecule has 0 atom stereocenters. The van der Waals surface area contributed by atoms with Crippen molar-refractivity contribution in [3.05, 3.63) is 52.8 Å². The topological polar surface area (TPSA) is 34.1 Å². The van der Waals surface area contributed by atoms with E-state index in [1.54, 1.807) is 0 Å². The summed E-state index contributed by atoms with van der Waals surface area (Å²) in [5.41, 5.74) is 0.523. The van der Waals surface area contributed by atoms with Gasteiger partial charge in [0.2, 0.25) is 0 Å². The fourth-order valence-corrected chi connectivity index (χ4v) is 3.05. The Balaban J connectivity index is 1.81.